The van der Waals surface area contributed by atoms with Gasteiger partial charge in [-0.1, -0.05) is 23.8 Å². The van der Waals surface area contributed by atoms with Gasteiger partial charge in [0, 0.05) is 24.0 Å². The van der Waals surface area contributed by atoms with E-state index in [0.29, 0.717) is 12.3 Å². The summed E-state index contributed by atoms with van der Waals surface area (Å²) in [5, 5.41) is 6.20. The van der Waals surface area contributed by atoms with Gasteiger partial charge in [-0.2, -0.15) is 0 Å². The zero-order chi connectivity index (χ0) is 16.2. The van der Waals surface area contributed by atoms with Gasteiger partial charge < -0.3 is 10.2 Å². The molecule has 23 heavy (non-hydrogen) atoms. The lowest BCUT2D eigenvalue weighted by Crippen LogP contribution is -2.31. The number of aryl methyl sites for hydroxylation is 1. The van der Waals surface area contributed by atoms with Crippen LogP contribution in [0.3, 0.4) is 0 Å². The SMILES string of the molecule is CNCC1CCN(C(=O)Cc2csc(-c3cccc(C)c3)n2)C1. The molecule has 2 aromatic rings. The molecule has 1 aliphatic rings. The van der Waals surface area contributed by atoms with Crippen LogP contribution in [-0.2, 0) is 11.2 Å². The smallest absolute Gasteiger partial charge is 0.228 e. The van der Waals surface area contributed by atoms with Crippen LogP contribution >= 0.6 is 11.3 Å². The molecule has 0 bridgehead atoms. The number of benzene rings is 1. The molecule has 0 aliphatic carbocycles. The van der Waals surface area contributed by atoms with Crippen LogP contribution in [0.2, 0.25) is 0 Å². The summed E-state index contributed by atoms with van der Waals surface area (Å²) >= 11 is 1.61. The third-order valence-electron chi connectivity index (χ3n) is 4.28. The first-order chi connectivity index (χ1) is 11.2. The van der Waals surface area contributed by atoms with Crippen molar-refractivity contribution in [3.63, 3.8) is 0 Å². The van der Waals surface area contributed by atoms with Crippen molar-refractivity contribution in [1.29, 1.82) is 0 Å². The number of carbonyl (C=O) groups excluding carboxylic acids is 1. The molecule has 1 fully saturated rings. The van der Waals surface area contributed by atoms with Gasteiger partial charge in [-0.05, 0) is 38.9 Å². The van der Waals surface area contributed by atoms with E-state index in [1.165, 1.54) is 5.56 Å². The van der Waals surface area contributed by atoms with Gasteiger partial charge in [0.1, 0.15) is 5.01 Å². The highest BCUT2D eigenvalue weighted by Crippen LogP contribution is 2.25. The first-order valence-electron chi connectivity index (χ1n) is 8.09. The summed E-state index contributed by atoms with van der Waals surface area (Å²) < 4.78 is 0. The van der Waals surface area contributed by atoms with Crippen molar-refractivity contribution < 1.29 is 4.79 Å². The minimum absolute atomic E-state index is 0.199. The van der Waals surface area contributed by atoms with Gasteiger partial charge in [-0.15, -0.1) is 11.3 Å². The van der Waals surface area contributed by atoms with Crippen molar-refractivity contribution in [2.24, 2.45) is 5.92 Å². The molecule has 0 spiro atoms. The summed E-state index contributed by atoms with van der Waals surface area (Å²) in [6.45, 7) is 4.81. The van der Waals surface area contributed by atoms with Gasteiger partial charge in [0.2, 0.25) is 5.91 Å². The van der Waals surface area contributed by atoms with E-state index in [9.17, 15) is 4.79 Å². The number of hydrogen-bond acceptors (Lipinski definition) is 4. The maximum Gasteiger partial charge on any atom is 0.228 e. The first-order valence-corrected chi connectivity index (χ1v) is 8.97. The Balaban J connectivity index is 1.62. The molecule has 1 unspecified atom stereocenters. The topological polar surface area (TPSA) is 45.2 Å². The van der Waals surface area contributed by atoms with Crippen LogP contribution < -0.4 is 5.32 Å². The second-order valence-corrected chi connectivity index (χ2v) is 7.10. The van der Waals surface area contributed by atoms with Crippen LogP contribution in [-0.4, -0.2) is 42.5 Å². The molecule has 0 radical (unpaired) electrons. The average Bonchev–Trinajstić information content (AvgIpc) is 3.17. The summed E-state index contributed by atoms with van der Waals surface area (Å²) in [7, 11) is 1.96. The fourth-order valence-electron chi connectivity index (χ4n) is 3.08. The molecule has 1 atom stereocenters. The van der Waals surface area contributed by atoms with Crippen LogP contribution in [0.1, 0.15) is 17.7 Å². The molecular weight excluding hydrogens is 306 g/mol. The van der Waals surface area contributed by atoms with Gasteiger partial charge >= 0.3 is 0 Å². The molecule has 3 rings (SSSR count). The molecule has 122 valence electrons. The number of nitrogens with one attached hydrogen (secondary N) is 1. The predicted molar refractivity (Wildman–Crippen MR) is 94.6 cm³/mol. The van der Waals surface area contributed by atoms with Crippen molar-refractivity contribution >= 4 is 17.2 Å². The molecule has 0 saturated carbocycles. The van der Waals surface area contributed by atoms with E-state index in [0.717, 1.165) is 42.3 Å². The zero-order valence-corrected chi connectivity index (χ0v) is 14.5. The van der Waals surface area contributed by atoms with E-state index in [-0.39, 0.29) is 5.91 Å². The number of carbonyl (C=O) groups is 1. The maximum atomic E-state index is 12.4. The molecule has 1 amide bonds. The van der Waals surface area contributed by atoms with Gasteiger partial charge in [0.05, 0.1) is 12.1 Å². The van der Waals surface area contributed by atoms with Gasteiger partial charge in [0.25, 0.3) is 0 Å². The Hall–Kier alpha value is -1.72. The van der Waals surface area contributed by atoms with E-state index in [2.05, 4.69) is 35.4 Å². The van der Waals surface area contributed by atoms with Crippen LogP contribution in [0.4, 0.5) is 0 Å². The minimum atomic E-state index is 0.199. The highest BCUT2D eigenvalue weighted by Gasteiger charge is 2.26. The Morgan fingerprint density at radius 3 is 3.13 bits per heavy atom. The Bertz CT molecular complexity index is 682. The minimum Gasteiger partial charge on any atom is -0.342 e. The number of thiazole rings is 1. The van der Waals surface area contributed by atoms with Crippen LogP contribution in [0, 0.1) is 12.8 Å². The largest absolute Gasteiger partial charge is 0.342 e. The third-order valence-corrected chi connectivity index (χ3v) is 5.22. The van der Waals surface area contributed by atoms with Crippen molar-refractivity contribution in [3.8, 4) is 10.6 Å². The number of hydrogen-bond donors (Lipinski definition) is 1. The quantitative estimate of drug-likeness (QED) is 0.917. The summed E-state index contributed by atoms with van der Waals surface area (Å²) in [5.74, 6) is 0.784. The highest BCUT2D eigenvalue weighted by molar-refractivity contribution is 7.13. The van der Waals surface area contributed by atoms with E-state index in [1.807, 2.05) is 23.4 Å². The lowest BCUT2D eigenvalue weighted by molar-refractivity contribution is -0.129. The fraction of sp³-hybridized carbons (Fsp3) is 0.444. The van der Waals surface area contributed by atoms with Gasteiger partial charge in [0.15, 0.2) is 0 Å². The van der Waals surface area contributed by atoms with Crippen LogP contribution in [0.15, 0.2) is 29.6 Å². The highest BCUT2D eigenvalue weighted by atomic mass is 32.1. The second-order valence-electron chi connectivity index (χ2n) is 6.24. The Kier molecular flexibility index (Phi) is 5.08. The van der Waals surface area contributed by atoms with E-state index in [4.69, 9.17) is 0 Å². The molecule has 1 aliphatic heterocycles. The average molecular weight is 329 g/mol. The number of rotatable bonds is 5. The fourth-order valence-corrected chi connectivity index (χ4v) is 3.90. The summed E-state index contributed by atoms with van der Waals surface area (Å²) in [6, 6.07) is 8.33. The van der Waals surface area contributed by atoms with E-state index >= 15 is 0 Å². The maximum absolute atomic E-state index is 12.4. The summed E-state index contributed by atoms with van der Waals surface area (Å²) in [4.78, 5) is 19.1. The predicted octanol–water partition coefficient (Wildman–Crippen LogP) is 2.73. The standard InChI is InChI=1S/C18H23N3OS/c1-13-4-3-5-15(8-13)18-20-16(12-23-18)9-17(22)21-7-6-14(11-21)10-19-2/h3-5,8,12,14,19H,6-7,9-11H2,1-2H3. The molecule has 2 heterocycles. The van der Waals surface area contributed by atoms with Gasteiger partial charge in [-0.25, -0.2) is 4.98 Å². The summed E-state index contributed by atoms with van der Waals surface area (Å²) in [6.07, 6.45) is 1.51. The van der Waals surface area contributed by atoms with Crippen molar-refractivity contribution in [3.05, 3.63) is 40.9 Å². The van der Waals surface area contributed by atoms with Gasteiger partial charge in [-0.3, -0.25) is 4.79 Å². The van der Waals surface area contributed by atoms with Crippen molar-refractivity contribution in [2.75, 3.05) is 26.7 Å². The summed E-state index contributed by atoms with van der Waals surface area (Å²) in [5.41, 5.74) is 3.24. The lowest BCUT2D eigenvalue weighted by atomic mass is 10.1. The molecule has 1 aromatic carbocycles. The lowest BCUT2D eigenvalue weighted by Gasteiger charge is -2.15. The van der Waals surface area contributed by atoms with Crippen molar-refractivity contribution in [1.82, 2.24) is 15.2 Å². The Morgan fingerprint density at radius 2 is 2.35 bits per heavy atom. The van der Waals surface area contributed by atoms with E-state index in [1.54, 1.807) is 11.3 Å². The van der Waals surface area contributed by atoms with Crippen LogP contribution in [0.25, 0.3) is 10.6 Å². The van der Waals surface area contributed by atoms with E-state index < -0.39 is 0 Å². The molecule has 5 heteroatoms. The van der Waals surface area contributed by atoms with Crippen LogP contribution in [0.5, 0.6) is 0 Å². The molecule has 1 saturated heterocycles. The second kappa shape index (κ2) is 7.23. The number of likely N-dealkylation sites (tertiary alicyclic amines) is 1. The molecular formula is C18H23N3OS. The first kappa shape index (κ1) is 16.1. The molecule has 1 aromatic heterocycles. The third kappa shape index (κ3) is 3.98. The number of nitrogens with zero attached hydrogens (tertiary/aromatic N) is 2. The number of aromatic nitrogens is 1. The van der Waals surface area contributed by atoms with Crippen molar-refractivity contribution in [2.45, 2.75) is 19.8 Å². The monoisotopic (exact) mass is 329 g/mol. The Labute approximate surface area is 141 Å². The zero-order valence-electron chi connectivity index (χ0n) is 13.7. The normalized spacial score (nSPS) is 17.7. The molecule has 4 nitrogen and oxygen atoms in total. The Morgan fingerprint density at radius 1 is 1.48 bits per heavy atom. The number of amides is 1. The molecule has 1 N–H and O–H groups in total.